The van der Waals surface area contributed by atoms with Gasteiger partial charge in [0.05, 0.1) is 6.04 Å². The molecule has 1 N–H and O–H groups in total. The summed E-state index contributed by atoms with van der Waals surface area (Å²) in [4.78, 5) is 15.0. The van der Waals surface area contributed by atoms with Crippen molar-refractivity contribution >= 4 is 11.6 Å². The Hall–Kier alpha value is -1.39. The number of likely N-dealkylation sites (tertiary alicyclic amines) is 1. The zero-order valence-electron chi connectivity index (χ0n) is 15.2. The van der Waals surface area contributed by atoms with Gasteiger partial charge in [-0.1, -0.05) is 6.07 Å². The fourth-order valence-corrected chi connectivity index (χ4v) is 4.20. The molecule has 2 heterocycles. The van der Waals surface area contributed by atoms with Crippen LogP contribution in [0.15, 0.2) is 18.2 Å². The van der Waals surface area contributed by atoms with Gasteiger partial charge < -0.3 is 10.1 Å². The standard InChI is InChI=1S/C20H30N2O2/c1-14-10-15(2)12-19(11-14)21-20(23)16(3)22-7-4-18(13-22)17-5-8-24-9-6-17/h10-12,16-18H,4-9,13H2,1-3H3,(H,21,23). The van der Waals surface area contributed by atoms with Crippen LogP contribution in [0.25, 0.3) is 0 Å². The van der Waals surface area contributed by atoms with Crippen molar-refractivity contribution in [3.05, 3.63) is 29.3 Å². The highest BCUT2D eigenvalue weighted by Gasteiger charge is 2.34. The van der Waals surface area contributed by atoms with Gasteiger partial charge in [-0.3, -0.25) is 9.69 Å². The van der Waals surface area contributed by atoms with Crippen molar-refractivity contribution in [2.45, 2.75) is 46.1 Å². The molecule has 2 atom stereocenters. The molecule has 2 fully saturated rings. The van der Waals surface area contributed by atoms with Gasteiger partial charge >= 0.3 is 0 Å². The van der Waals surface area contributed by atoms with E-state index >= 15 is 0 Å². The van der Waals surface area contributed by atoms with Crippen molar-refractivity contribution < 1.29 is 9.53 Å². The molecule has 1 amide bonds. The van der Waals surface area contributed by atoms with E-state index < -0.39 is 0 Å². The number of nitrogens with zero attached hydrogens (tertiary/aromatic N) is 1. The Bertz CT molecular complexity index is 561. The van der Waals surface area contributed by atoms with E-state index in [2.05, 4.69) is 30.1 Å². The van der Waals surface area contributed by atoms with Crippen LogP contribution < -0.4 is 5.32 Å². The second-order valence-electron chi connectivity index (χ2n) is 7.54. The molecular weight excluding hydrogens is 300 g/mol. The molecule has 0 aliphatic carbocycles. The summed E-state index contributed by atoms with van der Waals surface area (Å²) >= 11 is 0. The smallest absolute Gasteiger partial charge is 0.241 e. The van der Waals surface area contributed by atoms with Crippen LogP contribution in [-0.2, 0) is 9.53 Å². The Labute approximate surface area is 145 Å². The minimum Gasteiger partial charge on any atom is -0.381 e. The van der Waals surface area contributed by atoms with Gasteiger partial charge in [0.1, 0.15) is 0 Å². The molecule has 0 radical (unpaired) electrons. The molecule has 2 aliphatic heterocycles. The lowest BCUT2D eigenvalue weighted by Crippen LogP contribution is -2.41. The minimum atomic E-state index is -0.0735. The minimum absolute atomic E-state index is 0.0735. The predicted molar refractivity (Wildman–Crippen MR) is 97.2 cm³/mol. The highest BCUT2D eigenvalue weighted by molar-refractivity contribution is 5.94. The Morgan fingerprint density at radius 1 is 1.12 bits per heavy atom. The van der Waals surface area contributed by atoms with E-state index in [-0.39, 0.29) is 11.9 Å². The first-order valence-corrected chi connectivity index (χ1v) is 9.24. The number of ether oxygens (including phenoxy) is 1. The summed E-state index contributed by atoms with van der Waals surface area (Å²) in [5.41, 5.74) is 3.27. The fraction of sp³-hybridized carbons (Fsp3) is 0.650. The molecule has 2 saturated heterocycles. The maximum Gasteiger partial charge on any atom is 0.241 e. The summed E-state index contributed by atoms with van der Waals surface area (Å²) in [6.07, 6.45) is 3.58. The first kappa shape index (κ1) is 17.4. The molecule has 0 spiro atoms. The number of aryl methyl sites for hydroxylation is 2. The SMILES string of the molecule is Cc1cc(C)cc(NC(=O)C(C)N2CCC(C3CCOCC3)C2)c1. The van der Waals surface area contributed by atoms with E-state index in [4.69, 9.17) is 4.74 Å². The fourth-order valence-electron chi connectivity index (χ4n) is 4.20. The lowest BCUT2D eigenvalue weighted by molar-refractivity contribution is -0.120. The lowest BCUT2D eigenvalue weighted by atomic mass is 9.85. The van der Waals surface area contributed by atoms with E-state index in [1.807, 2.05) is 19.1 Å². The number of benzene rings is 1. The molecule has 1 aromatic carbocycles. The molecule has 2 aliphatic rings. The number of hydrogen-bond donors (Lipinski definition) is 1. The van der Waals surface area contributed by atoms with Crippen LogP contribution in [0.3, 0.4) is 0 Å². The number of anilines is 1. The van der Waals surface area contributed by atoms with Gasteiger partial charge in [-0.05, 0) is 81.7 Å². The summed E-state index contributed by atoms with van der Waals surface area (Å²) in [5, 5.41) is 3.09. The van der Waals surface area contributed by atoms with E-state index in [1.54, 1.807) is 0 Å². The Kier molecular flexibility index (Phi) is 5.57. The summed E-state index contributed by atoms with van der Waals surface area (Å²) in [7, 11) is 0. The number of carbonyl (C=O) groups is 1. The number of carbonyl (C=O) groups excluding carboxylic acids is 1. The van der Waals surface area contributed by atoms with Crippen LogP contribution in [0.1, 0.15) is 37.3 Å². The van der Waals surface area contributed by atoms with Crippen LogP contribution >= 0.6 is 0 Å². The molecule has 2 unspecified atom stereocenters. The molecule has 1 aromatic rings. The topological polar surface area (TPSA) is 41.6 Å². The van der Waals surface area contributed by atoms with Crippen LogP contribution in [0.4, 0.5) is 5.69 Å². The van der Waals surface area contributed by atoms with Crippen LogP contribution in [0.2, 0.25) is 0 Å². The summed E-state index contributed by atoms with van der Waals surface area (Å²) in [6, 6.07) is 6.12. The monoisotopic (exact) mass is 330 g/mol. The van der Waals surface area contributed by atoms with Crippen LogP contribution in [-0.4, -0.2) is 43.2 Å². The quantitative estimate of drug-likeness (QED) is 0.920. The van der Waals surface area contributed by atoms with E-state index in [1.165, 1.54) is 30.4 Å². The summed E-state index contributed by atoms with van der Waals surface area (Å²) in [5.74, 6) is 1.61. The van der Waals surface area contributed by atoms with Crippen molar-refractivity contribution in [3.63, 3.8) is 0 Å². The molecule has 24 heavy (non-hydrogen) atoms. The van der Waals surface area contributed by atoms with Gasteiger partial charge in [0.25, 0.3) is 0 Å². The third kappa shape index (κ3) is 4.17. The van der Waals surface area contributed by atoms with Crippen molar-refractivity contribution in [2.24, 2.45) is 11.8 Å². The number of amides is 1. The summed E-state index contributed by atoms with van der Waals surface area (Å²) < 4.78 is 5.48. The Balaban J connectivity index is 1.55. The normalized spacial score (nSPS) is 24.0. The van der Waals surface area contributed by atoms with Gasteiger partial charge in [0.2, 0.25) is 5.91 Å². The molecule has 4 heteroatoms. The van der Waals surface area contributed by atoms with Crippen molar-refractivity contribution in [1.82, 2.24) is 4.90 Å². The Morgan fingerprint density at radius 3 is 2.46 bits per heavy atom. The number of hydrogen-bond acceptors (Lipinski definition) is 3. The first-order chi connectivity index (χ1) is 11.5. The number of nitrogens with one attached hydrogen (secondary N) is 1. The van der Waals surface area contributed by atoms with E-state index in [9.17, 15) is 4.79 Å². The third-order valence-electron chi connectivity index (χ3n) is 5.61. The zero-order valence-corrected chi connectivity index (χ0v) is 15.2. The van der Waals surface area contributed by atoms with Gasteiger partial charge in [-0.15, -0.1) is 0 Å². The second-order valence-corrected chi connectivity index (χ2v) is 7.54. The van der Waals surface area contributed by atoms with Gasteiger partial charge in [-0.2, -0.15) is 0 Å². The molecule has 3 rings (SSSR count). The molecular formula is C20H30N2O2. The molecule has 0 saturated carbocycles. The predicted octanol–water partition coefficient (Wildman–Crippen LogP) is 3.38. The van der Waals surface area contributed by atoms with E-state index in [0.717, 1.165) is 43.8 Å². The highest BCUT2D eigenvalue weighted by atomic mass is 16.5. The molecule has 4 nitrogen and oxygen atoms in total. The van der Waals surface area contributed by atoms with Gasteiger partial charge in [0.15, 0.2) is 0 Å². The van der Waals surface area contributed by atoms with Crippen molar-refractivity contribution in [1.29, 1.82) is 0 Å². The second kappa shape index (κ2) is 7.66. The third-order valence-corrected chi connectivity index (χ3v) is 5.61. The maximum absolute atomic E-state index is 12.6. The van der Waals surface area contributed by atoms with Gasteiger partial charge in [0, 0.05) is 25.4 Å². The first-order valence-electron chi connectivity index (χ1n) is 9.24. The van der Waals surface area contributed by atoms with E-state index in [0.29, 0.717) is 0 Å². The maximum atomic E-state index is 12.6. The van der Waals surface area contributed by atoms with Crippen molar-refractivity contribution in [3.8, 4) is 0 Å². The summed E-state index contributed by atoms with van der Waals surface area (Å²) in [6.45, 7) is 10.0. The Morgan fingerprint density at radius 2 is 1.79 bits per heavy atom. The van der Waals surface area contributed by atoms with Crippen molar-refractivity contribution in [2.75, 3.05) is 31.6 Å². The highest BCUT2D eigenvalue weighted by Crippen LogP contribution is 2.32. The number of rotatable bonds is 4. The average molecular weight is 330 g/mol. The molecule has 0 aromatic heterocycles. The van der Waals surface area contributed by atoms with Gasteiger partial charge in [-0.25, -0.2) is 0 Å². The zero-order chi connectivity index (χ0) is 17.1. The lowest BCUT2D eigenvalue weighted by Gasteiger charge is -2.29. The molecule has 132 valence electrons. The average Bonchev–Trinajstić information content (AvgIpc) is 3.04. The van der Waals surface area contributed by atoms with Crippen LogP contribution in [0, 0.1) is 25.7 Å². The molecule has 0 bridgehead atoms. The largest absolute Gasteiger partial charge is 0.381 e. The van der Waals surface area contributed by atoms with Crippen LogP contribution in [0.5, 0.6) is 0 Å².